The zero-order chi connectivity index (χ0) is 21.0. The fourth-order valence-corrected chi connectivity index (χ4v) is 3.70. The number of carbonyl (C=O) groups excluding carboxylic acids is 1. The number of rotatable bonds is 4. The van der Waals surface area contributed by atoms with Gasteiger partial charge in [-0.2, -0.15) is 18.3 Å². The van der Waals surface area contributed by atoms with Gasteiger partial charge in [0, 0.05) is 24.7 Å². The lowest BCUT2D eigenvalue weighted by atomic mass is 10.1. The summed E-state index contributed by atoms with van der Waals surface area (Å²) >= 11 is 0. The van der Waals surface area contributed by atoms with E-state index in [1.165, 1.54) is 9.42 Å². The molecule has 2 aliphatic rings. The third kappa shape index (κ3) is 3.99. The molecule has 2 aromatic heterocycles. The van der Waals surface area contributed by atoms with Crippen molar-refractivity contribution in [2.24, 2.45) is 5.92 Å². The van der Waals surface area contributed by atoms with E-state index in [0.717, 1.165) is 6.20 Å². The van der Waals surface area contributed by atoms with E-state index in [1.54, 1.807) is 13.0 Å². The highest BCUT2D eigenvalue weighted by atomic mass is 19.4. The van der Waals surface area contributed by atoms with Crippen LogP contribution >= 0.6 is 0 Å². The molecule has 1 saturated carbocycles. The Labute approximate surface area is 163 Å². The van der Waals surface area contributed by atoms with Gasteiger partial charge in [0.15, 0.2) is 5.65 Å². The van der Waals surface area contributed by atoms with Crippen LogP contribution in [0.1, 0.15) is 41.7 Å². The van der Waals surface area contributed by atoms with Crippen molar-refractivity contribution >= 4 is 17.4 Å². The molecule has 0 spiro atoms. The number of aryl methyl sites for hydroxylation is 1. The highest BCUT2D eigenvalue weighted by molar-refractivity contribution is 6.00. The number of nitrogens with one attached hydrogen (secondary N) is 1. The van der Waals surface area contributed by atoms with Gasteiger partial charge in [0.25, 0.3) is 11.8 Å². The van der Waals surface area contributed by atoms with Gasteiger partial charge in [0.05, 0.1) is 12.7 Å². The molecule has 11 heteroatoms. The number of aromatic nitrogens is 3. The Bertz CT molecular complexity index is 937. The van der Waals surface area contributed by atoms with Crippen LogP contribution in [0.4, 0.5) is 27.8 Å². The maximum absolute atomic E-state index is 13.8. The number of carbonyl (C=O) groups is 1. The first-order valence-electron chi connectivity index (χ1n) is 9.41. The van der Waals surface area contributed by atoms with Crippen molar-refractivity contribution in [1.29, 1.82) is 0 Å². The fourth-order valence-electron chi connectivity index (χ4n) is 3.70. The third-order valence-corrected chi connectivity index (χ3v) is 5.33. The molecule has 1 atom stereocenters. The van der Waals surface area contributed by atoms with E-state index in [4.69, 9.17) is 0 Å². The van der Waals surface area contributed by atoms with Crippen molar-refractivity contribution in [3.63, 3.8) is 0 Å². The molecule has 0 unspecified atom stereocenters. The van der Waals surface area contributed by atoms with Gasteiger partial charge in [0.2, 0.25) is 0 Å². The largest absolute Gasteiger partial charge is 0.408 e. The summed E-state index contributed by atoms with van der Waals surface area (Å²) in [6.07, 6.45) is -2.49. The second kappa shape index (κ2) is 6.81. The Hall–Kier alpha value is -2.46. The fraction of sp³-hybridized carbons (Fsp3) is 0.611. The van der Waals surface area contributed by atoms with Crippen LogP contribution in [-0.2, 0) is 0 Å². The molecule has 1 saturated heterocycles. The maximum atomic E-state index is 13.8. The van der Waals surface area contributed by atoms with Gasteiger partial charge < -0.3 is 10.2 Å². The maximum Gasteiger partial charge on any atom is 0.408 e. The first kappa shape index (κ1) is 19.8. The second-order valence-corrected chi connectivity index (χ2v) is 7.76. The van der Waals surface area contributed by atoms with Gasteiger partial charge in [-0.1, -0.05) is 0 Å². The highest BCUT2D eigenvalue weighted by Gasteiger charge is 2.50. The molecule has 1 aliphatic heterocycles. The molecule has 0 radical (unpaired) electrons. The number of nitrogens with zero attached hydrogens (tertiary/aromatic N) is 4. The number of piperidine rings is 1. The van der Waals surface area contributed by atoms with Gasteiger partial charge >= 0.3 is 6.18 Å². The highest BCUT2D eigenvalue weighted by Crippen LogP contribution is 2.40. The van der Waals surface area contributed by atoms with Crippen molar-refractivity contribution in [1.82, 2.24) is 19.9 Å². The minimum absolute atomic E-state index is 0.0445. The zero-order valence-electron chi connectivity index (χ0n) is 15.6. The first-order valence-corrected chi connectivity index (χ1v) is 9.41. The lowest BCUT2D eigenvalue weighted by Gasteiger charge is -2.33. The van der Waals surface area contributed by atoms with E-state index < -0.39 is 36.5 Å². The second-order valence-electron chi connectivity index (χ2n) is 7.76. The summed E-state index contributed by atoms with van der Waals surface area (Å²) in [6.45, 7) is 1.55. The SMILES string of the molecule is Cc1cc(N2CCCC(F)(F)C2)nc2c(C(=O)N[C@H](C3CC3)C(F)(F)F)cnn12. The first-order chi connectivity index (χ1) is 13.5. The van der Waals surface area contributed by atoms with E-state index >= 15 is 0 Å². The number of halogens is 5. The smallest absolute Gasteiger partial charge is 0.350 e. The van der Waals surface area contributed by atoms with E-state index in [9.17, 15) is 26.7 Å². The summed E-state index contributed by atoms with van der Waals surface area (Å²) in [7, 11) is 0. The van der Waals surface area contributed by atoms with Crippen molar-refractivity contribution in [2.45, 2.75) is 50.7 Å². The normalized spacial score (nSPS) is 20.7. The molecule has 2 aromatic rings. The van der Waals surface area contributed by atoms with Crippen LogP contribution in [-0.4, -0.2) is 51.7 Å². The molecule has 158 valence electrons. The van der Waals surface area contributed by atoms with Crippen LogP contribution in [0, 0.1) is 12.8 Å². The number of hydrogen-bond donors (Lipinski definition) is 1. The predicted octanol–water partition coefficient (Wildman–Crippen LogP) is 3.34. The molecule has 0 bridgehead atoms. The number of alkyl halides is 5. The molecule has 29 heavy (non-hydrogen) atoms. The Balaban J connectivity index is 1.65. The average molecular weight is 417 g/mol. The predicted molar refractivity (Wildman–Crippen MR) is 94.2 cm³/mol. The molecular formula is C18H20F5N5O. The van der Waals surface area contributed by atoms with Crippen LogP contribution in [0.2, 0.25) is 0 Å². The summed E-state index contributed by atoms with van der Waals surface area (Å²) < 4.78 is 68.6. The van der Waals surface area contributed by atoms with E-state index in [1.807, 2.05) is 0 Å². The van der Waals surface area contributed by atoms with Crippen molar-refractivity contribution in [3.8, 4) is 0 Å². The third-order valence-electron chi connectivity index (χ3n) is 5.33. The summed E-state index contributed by atoms with van der Waals surface area (Å²) in [5.41, 5.74) is 0.462. The Morgan fingerprint density at radius 3 is 2.69 bits per heavy atom. The Morgan fingerprint density at radius 1 is 1.34 bits per heavy atom. The number of anilines is 1. The minimum atomic E-state index is -4.55. The quantitative estimate of drug-likeness (QED) is 0.776. The zero-order valence-corrected chi connectivity index (χ0v) is 15.6. The molecular weight excluding hydrogens is 397 g/mol. The lowest BCUT2D eigenvalue weighted by molar-refractivity contribution is -0.158. The molecule has 6 nitrogen and oxygen atoms in total. The molecule has 1 amide bonds. The van der Waals surface area contributed by atoms with E-state index in [-0.39, 0.29) is 23.4 Å². The number of hydrogen-bond acceptors (Lipinski definition) is 4. The molecule has 2 fully saturated rings. The molecule has 0 aromatic carbocycles. The van der Waals surface area contributed by atoms with Crippen molar-refractivity contribution in [2.75, 3.05) is 18.0 Å². The summed E-state index contributed by atoms with van der Waals surface area (Å²) in [5.74, 6) is -4.15. The molecule has 3 heterocycles. The minimum Gasteiger partial charge on any atom is -0.350 e. The van der Waals surface area contributed by atoms with Gasteiger partial charge in [-0.3, -0.25) is 4.79 Å². The number of fused-ring (bicyclic) bond motifs is 1. The van der Waals surface area contributed by atoms with E-state index in [2.05, 4.69) is 15.4 Å². The standard InChI is InChI=1S/C18H20F5N5O/c1-10-7-13(27-6-2-5-17(19,20)9-27)25-15-12(8-24-28(10)15)16(29)26-14(11-3-4-11)18(21,22)23/h7-8,11,14H,2-6,9H2,1H3,(H,26,29)/t14-/m1/s1. The molecule has 4 rings (SSSR count). The van der Waals surface area contributed by atoms with Crippen LogP contribution in [0.3, 0.4) is 0 Å². The summed E-state index contributed by atoms with van der Waals surface area (Å²) in [6, 6.07) is -0.346. The van der Waals surface area contributed by atoms with Crippen LogP contribution in [0.25, 0.3) is 5.65 Å². The monoisotopic (exact) mass is 417 g/mol. The van der Waals surface area contributed by atoms with Crippen molar-refractivity contribution < 1.29 is 26.7 Å². The van der Waals surface area contributed by atoms with E-state index in [0.29, 0.717) is 31.5 Å². The number of amides is 1. The van der Waals surface area contributed by atoms with Crippen LogP contribution in [0.15, 0.2) is 12.3 Å². The van der Waals surface area contributed by atoms with Gasteiger partial charge in [-0.05, 0) is 32.1 Å². The van der Waals surface area contributed by atoms with Gasteiger partial charge in [0.1, 0.15) is 17.4 Å². The average Bonchev–Trinajstić information content (AvgIpc) is 3.35. The van der Waals surface area contributed by atoms with Crippen LogP contribution < -0.4 is 10.2 Å². The van der Waals surface area contributed by atoms with Gasteiger partial charge in [-0.15, -0.1) is 0 Å². The van der Waals surface area contributed by atoms with Crippen molar-refractivity contribution in [3.05, 3.63) is 23.5 Å². The van der Waals surface area contributed by atoms with Crippen LogP contribution in [0.5, 0.6) is 0 Å². The molecule has 1 aliphatic carbocycles. The summed E-state index contributed by atoms with van der Waals surface area (Å²) in [5, 5.41) is 6.08. The van der Waals surface area contributed by atoms with Gasteiger partial charge in [-0.25, -0.2) is 18.3 Å². The lowest BCUT2D eigenvalue weighted by Crippen LogP contribution is -2.47. The Kier molecular flexibility index (Phi) is 4.66. The Morgan fingerprint density at radius 2 is 2.07 bits per heavy atom. The topological polar surface area (TPSA) is 62.5 Å². The summed E-state index contributed by atoms with van der Waals surface area (Å²) in [4.78, 5) is 18.3. The molecule has 1 N–H and O–H groups in total.